The van der Waals surface area contributed by atoms with Gasteiger partial charge in [-0.05, 0) is 43.2 Å². The second-order valence-electron chi connectivity index (χ2n) is 5.80. The van der Waals surface area contributed by atoms with E-state index in [4.69, 9.17) is 0 Å². The van der Waals surface area contributed by atoms with Crippen LogP contribution in [0.5, 0.6) is 0 Å². The molecule has 0 aliphatic carbocycles. The van der Waals surface area contributed by atoms with Gasteiger partial charge in [0.1, 0.15) is 6.54 Å². The zero-order valence-corrected chi connectivity index (χ0v) is 17.1. The van der Waals surface area contributed by atoms with Gasteiger partial charge in [0.25, 0.3) is 5.91 Å². The first-order valence-corrected chi connectivity index (χ1v) is 10.4. The molecule has 26 heavy (non-hydrogen) atoms. The van der Waals surface area contributed by atoms with Crippen LogP contribution in [0.1, 0.15) is 18.1 Å². The Hall–Kier alpha value is -2.19. The average molecular weight is 438 g/mol. The van der Waals surface area contributed by atoms with Crippen molar-refractivity contribution in [3.05, 3.63) is 64.1 Å². The second-order valence-corrected chi connectivity index (χ2v) is 8.62. The van der Waals surface area contributed by atoms with Gasteiger partial charge in [-0.1, -0.05) is 46.3 Å². The number of carbonyl (C=O) groups excluding carboxylic acids is 1. The molecule has 0 saturated carbocycles. The third kappa shape index (κ3) is 5.40. The molecule has 0 atom stereocenters. The zero-order chi connectivity index (χ0) is 19.3. The summed E-state index contributed by atoms with van der Waals surface area (Å²) in [5.74, 6) is -0.518. The van der Waals surface area contributed by atoms with Crippen LogP contribution in [0, 0.1) is 6.92 Å². The number of anilines is 1. The summed E-state index contributed by atoms with van der Waals surface area (Å²) in [6, 6.07) is 14.5. The fraction of sp³-hybridized carbons (Fsp3) is 0.222. The third-order valence-corrected chi connectivity index (χ3v) is 5.34. The number of amides is 1. The van der Waals surface area contributed by atoms with Gasteiger partial charge in [0.2, 0.25) is 10.0 Å². The Balaban J connectivity index is 2.14. The highest BCUT2D eigenvalue weighted by Crippen LogP contribution is 2.21. The van der Waals surface area contributed by atoms with Gasteiger partial charge in [0, 0.05) is 4.47 Å². The standard InChI is InChI=1S/C18H20BrN3O3S/c1-13-6-4-5-7-17(13)22(26(3,24)25)12-18(23)21-20-14(2)15-8-10-16(19)11-9-15/h4-11H,12H2,1-3H3,(H,21,23)/b20-14-. The fourth-order valence-corrected chi connectivity index (χ4v) is 3.47. The summed E-state index contributed by atoms with van der Waals surface area (Å²) in [7, 11) is -3.61. The number of halogens is 1. The molecule has 8 heteroatoms. The van der Waals surface area contributed by atoms with Crippen molar-refractivity contribution in [3.8, 4) is 0 Å². The quantitative estimate of drug-likeness (QED) is 0.556. The molecule has 138 valence electrons. The molecule has 0 unspecified atom stereocenters. The summed E-state index contributed by atoms with van der Waals surface area (Å²) in [6.07, 6.45) is 1.07. The fourth-order valence-electron chi connectivity index (χ4n) is 2.29. The van der Waals surface area contributed by atoms with E-state index in [1.165, 1.54) is 0 Å². The van der Waals surface area contributed by atoms with Crippen molar-refractivity contribution in [2.24, 2.45) is 5.10 Å². The van der Waals surface area contributed by atoms with Crippen molar-refractivity contribution < 1.29 is 13.2 Å². The lowest BCUT2D eigenvalue weighted by molar-refractivity contribution is -0.119. The van der Waals surface area contributed by atoms with Crippen LogP contribution >= 0.6 is 15.9 Å². The van der Waals surface area contributed by atoms with Crippen molar-refractivity contribution in [1.29, 1.82) is 0 Å². The molecule has 6 nitrogen and oxygen atoms in total. The van der Waals surface area contributed by atoms with E-state index in [2.05, 4.69) is 26.5 Å². The molecule has 0 heterocycles. The third-order valence-electron chi connectivity index (χ3n) is 3.68. The van der Waals surface area contributed by atoms with Gasteiger partial charge in [0.05, 0.1) is 17.7 Å². The van der Waals surface area contributed by atoms with Crippen molar-refractivity contribution >= 4 is 43.3 Å². The molecule has 0 radical (unpaired) electrons. The van der Waals surface area contributed by atoms with Crippen molar-refractivity contribution in [1.82, 2.24) is 5.43 Å². The van der Waals surface area contributed by atoms with E-state index in [9.17, 15) is 13.2 Å². The number of hydrogen-bond donors (Lipinski definition) is 1. The number of hydrazone groups is 1. The maximum Gasteiger partial charge on any atom is 0.260 e. The van der Waals surface area contributed by atoms with E-state index in [0.29, 0.717) is 11.4 Å². The number of nitrogens with one attached hydrogen (secondary N) is 1. The molecule has 1 amide bonds. The van der Waals surface area contributed by atoms with E-state index in [1.54, 1.807) is 32.0 Å². The zero-order valence-electron chi connectivity index (χ0n) is 14.7. The molecule has 0 saturated heterocycles. The van der Waals surface area contributed by atoms with Crippen molar-refractivity contribution in [2.45, 2.75) is 13.8 Å². The van der Waals surface area contributed by atoms with Crippen LogP contribution in [0.2, 0.25) is 0 Å². The minimum absolute atomic E-state index is 0.346. The van der Waals surface area contributed by atoms with Gasteiger partial charge in [-0.3, -0.25) is 9.10 Å². The summed E-state index contributed by atoms with van der Waals surface area (Å²) in [5, 5.41) is 4.06. The van der Waals surface area contributed by atoms with E-state index in [1.807, 2.05) is 30.3 Å². The molecular formula is C18H20BrN3O3S. The first-order valence-electron chi connectivity index (χ1n) is 7.81. The van der Waals surface area contributed by atoms with Crippen molar-refractivity contribution in [3.63, 3.8) is 0 Å². The molecule has 0 spiro atoms. The first kappa shape index (κ1) is 20.1. The summed E-state index contributed by atoms with van der Waals surface area (Å²) in [6.45, 7) is 3.21. The van der Waals surface area contributed by atoms with E-state index in [-0.39, 0.29) is 6.54 Å². The molecule has 0 aliphatic heterocycles. The van der Waals surface area contributed by atoms with Crippen LogP contribution in [-0.2, 0) is 14.8 Å². The van der Waals surface area contributed by atoms with Crippen LogP contribution < -0.4 is 9.73 Å². The van der Waals surface area contributed by atoms with Gasteiger partial charge in [-0.25, -0.2) is 13.8 Å². The number of hydrogen-bond acceptors (Lipinski definition) is 4. The highest BCUT2D eigenvalue weighted by molar-refractivity contribution is 9.10. The first-order chi connectivity index (χ1) is 12.2. The Labute approximate surface area is 162 Å². The monoisotopic (exact) mass is 437 g/mol. The molecule has 0 aliphatic rings. The Morgan fingerprint density at radius 3 is 2.35 bits per heavy atom. The number of aryl methyl sites for hydroxylation is 1. The van der Waals surface area contributed by atoms with E-state index >= 15 is 0 Å². The lowest BCUT2D eigenvalue weighted by Crippen LogP contribution is -2.39. The number of benzene rings is 2. The Morgan fingerprint density at radius 2 is 1.77 bits per heavy atom. The number of rotatable bonds is 6. The molecule has 0 fully saturated rings. The maximum absolute atomic E-state index is 12.2. The highest BCUT2D eigenvalue weighted by Gasteiger charge is 2.22. The smallest absolute Gasteiger partial charge is 0.260 e. The minimum atomic E-state index is -3.61. The van der Waals surface area contributed by atoms with Gasteiger partial charge in [-0.15, -0.1) is 0 Å². The Bertz CT molecular complexity index is 925. The van der Waals surface area contributed by atoms with Gasteiger partial charge in [-0.2, -0.15) is 5.10 Å². The molecule has 2 aromatic carbocycles. The molecule has 0 aromatic heterocycles. The summed E-state index contributed by atoms with van der Waals surface area (Å²) >= 11 is 3.36. The molecule has 2 aromatic rings. The van der Waals surface area contributed by atoms with E-state index in [0.717, 1.165) is 26.2 Å². The lowest BCUT2D eigenvalue weighted by Gasteiger charge is -2.23. The Morgan fingerprint density at radius 1 is 1.15 bits per heavy atom. The molecule has 0 bridgehead atoms. The predicted molar refractivity (Wildman–Crippen MR) is 108 cm³/mol. The molecule has 1 N–H and O–H groups in total. The summed E-state index contributed by atoms with van der Waals surface area (Å²) < 4.78 is 26.2. The number of sulfonamides is 1. The Kier molecular flexibility index (Phi) is 6.55. The van der Waals surface area contributed by atoms with Gasteiger partial charge in [0.15, 0.2) is 0 Å². The second kappa shape index (κ2) is 8.46. The van der Waals surface area contributed by atoms with Crippen LogP contribution in [-0.4, -0.2) is 32.8 Å². The summed E-state index contributed by atoms with van der Waals surface area (Å²) in [4.78, 5) is 12.2. The van der Waals surface area contributed by atoms with Crippen molar-refractivity contribution in [2.75, 3.05) is 17.1 Å². The van der Waals surface area contributed by atoms with Crippen LogP contribution in [0.15, 0.2) is 58.1 Å². The van der Waals surface area contributed by atoms with Crippen LogP contribution in [0.4, 0.5) is 5.69 Å². The lowest BCUT2D eigenvalue weighted by atomic mass is 10.1. The van der Waals surface area contributed by atoms with Crippen LogP contribution in [0.25, 0.3) is 0 Å². The largest absolute Gasteiger partial charge is 0.271 e. The minimum Gasteiger partial charge on any atom is -0.271 e. The van der Waals surface area contributed by atoms with Gasteiger partial charge < -0.3 is 0 Å². The predicted octanol–water partition coefficient (Wildman–Crippen LogP) is 3.06. The van der Waals surface area contributed by atoms with Crippen LogP contribution in [0.3, 0.4) is 0 Å². The number of carbonyl (C=O) groups is 1. The maximum atomic E-state index is 12.2. The van der Waals surface area contributed by atoms with E-state index < -0.39 is 15.9 Å². The molecular weight excluding hydrogens is 418 g/mol. The average Bonchev–Trinajstić information content (AvgIpc) is 2.58. The van der Waals surface area contributed by atoms with Gasteiger partial charge >= 0.3 is 0 Å². The number of nitrogens with zero attached hydrogens (tertiary/aromatic N) is 2. The molecule has 2 rings (SSSR count). The SMILES string of the molecule is C/C(=N/NC(=O)CN(c1ccccc1C)S(C)(=O)=O)c1ccc(Br)cc1. The number of para-hydroxylation sites is 1. The topological polar surface area (TPSA) is 78.8 Å². The highest BCUT2D eigenvalue weighted by atomic mass is 79.9. The summed E-state index contributed by atoms with van der Waals surface area (Å²) in [5.41, 5.74) is 5.13. The normalized spacial score (nSPS) is 11.9.